The fraction of sp³-hybridized carbons (Fsp3) is 0.562. The molecule has 6 nitrogen and oxygen atoms in total. The van der Waals surface area contributed by atoms with Crippen molar-refractivity contribution in [3.05, 3.63) is 29.8 Å². The summed E-state index contributed by atoms with van der Waals surface area (Å²) >= 11 is 0. The SMILES string of the molecule is COCCNC(=O)NC(C)c1ccc(N2CCOCC2)cc1. The zero-order valence-corrected chi connectivity index (χ0v) is 13.3. The zero-order chi connectivity index (χ0) is 15.8. The number of carbonyl (C=O) groups excluding carboxylic acids is 1. The molecule has 1 aliphatic heterocycles. The number of ether oxygens (including phenoxy) is 2. The van der Waals surface area contributed by atoms with Gasteiger partial charge in [-0.3, -0.25) is 0 Å². The Balaban J connectivity index is 1.85. The first kappa shape index (κ1) is 16.6. The molecule has 1 unspecified atom stereocenters. The minimum absolute atomic E-state index is 0.0405. The molecule has 1 fully saturated rings. The Morgan fingerprint density at radius 2 is 2.00 bits per heavy atom. The number of morpholine rings is 1. The minimum atomic E-state index is -0.179. The normalized spacial score (nSPS) is 16.2. The number of rotatable bonds is 6. The molecule has 122 valence electrons. The van der Waals surface area contributed by atoms with Crippen LogP contribution in [0.3, 0.4) is 0 Å². The molecule has 0 spiro atoms. The van der Waals surface area contributed by atoms with E-state index in [2.05, 4.69) is 39.8 Å². The largest absolute Gasteiger partial charge is 0.383 e. The van der Waals surface area contributed by atoms with E-state index in [1.165, 1.54) is 5.69 Å². The van der Waals surface area contributed by atoms with Crippen molar-refractivity contribution in [1.29, 1.82) is 0 Å². The van der Waals surface area contributed by atoms with Crippen molar-refractivity contribution in [2.45, 2.75) is 13.0 Å². The molecule has 0 saturated carbocycles. The Bertz CT molecular complexity index is 458. The van der Waals surface area contributed by atoms with Crippen LogP contribution in [0, 0.1) is 0 Å². The van der Waals surface area contributed by atoms with Crippen LogP contribution in [0.25, 0.3) is 0 Å². The molecule has 22 heavy (non-hydrogen) atoms. The number of hydrogen-bond donors (Lipinski definition) is 2. The van der Waals surface area contributed by atoms with Gasteiger partial charge in [0.05, 0.1) is 25.9 Å². The van der Waals surface area contributed by atoms with Gasteiger partial charge in [-0.25, -0.2) is 4.79 Å². The van der Waals surface area contributed by atoms with Crippen molar-refractivity contribution in [2.24, 2.45) is 0 Å². The standard InChI is InChI=1S/C16H25N3O3/c1-13(18-16(20)17-7-10-21-2)14-3-5-15(6-4-14)19-8-11-22-12-9-19/h3-6,13H,7-12H2,1-2H3,(H2,17,18,20). The van der Waals surface area contributed by atoms with E-state index < -0.39 is 0 Å². The highest BCUT2D eigenvalue weighted by molar-refractivity contribution is 5.74. The molecular weight excluding hydrogens is 282 g/mol. The van der Waals surface area contributed by atoms with Gasteiger partial charge in [0.1, 0.15) is 0 Å². The molecule has 1 aromatic carbocycles. The van der Waals surface area contributed by atoms with Gasteiger partial charge in [-0.05, 0) is 24.6 Å². The Morgan fingerprint density at radius 3 is 2.64 bits per heavy atom. The molecule has 0 bridgehead atoms. The summed E-state index contributed by atoms with van der Waals surface area (Å²) in [5.41, 5.74) is 2.28. The number of methoxy groups -OCH3 is 1. The topological polar surface area (TPSA) is 62.8 Å². The van der Waals surface area contributed by atoms with Gasteiger partial charge in [0, 0.05) is 32.4 Å². The highest BCUT2D eigenvalue weighted by Gasteiger charge is 2.13. The monoisotopic (exact) mass is 307 g/mol. The van der Waals surface area contributed by atoms with Crippen molar-refractivity contribution in [3.63, 3.8) is 0 Å². The van der Waals surface area contributed by atoms with Crippen LogP contribution in [0.4, 0.5) is 10.5 Å². The molecule has 0 radical (unpaired) electrons. The minimum Gasteiger partial charge on any atom is -0.383 e. The average molecular weight is 307 g/mol. The van der Waals surface area contributed by atoms with Crippen LogP contribution in [0.15, 0.2) is 24.3 Å². The first-order valence-electron chi connectivity index (χ1n) is 7.66. The highest BCUT2D eigenvalue weighted by Crippen LogP contribution is 2.20. The van der Waals surface area contributed by atoms with Crippen LogP contribution in [-0.2, 0) is 9.47 Å². The maximum absolute atomic E-state index is 11.7. The summed E-state index contributed by atoms with van der Waals surface area (Å²) in [6.45, 7) is 6.40. The molecule has 1 saturated heterocycles. The molecule has 1 aromatic rings. The van der Waals surface area contributed by atoms with E-state index in [0.29, 0.717) is 13.2 Å². The molecule has 2 amide bonds. The number of nitrogens with one attached hydrogen (secondary N) is 2. The van der Waals surface area contributed by atoms with Crippen molar-refractivity contribution < 1.29 is 14.3 Å². The summed E-state index contributed by atoms with van der Waals surface area (Å²) in [5, 5.41) is 5.67. The Kier molecular flexibility index (Phi) is 6.48. The van der Waals surface area contributed by atoms with Crippen LogP contribution >= 0.6 is 0 Å². The summed E-state index contributed by atoms with van der Waals surface area (Å²) in [6.07, 6.45) is 0. The first-order valence-corrected chi connectivity index (χ1v) is 7.66. The third-order valence-electron chi connectivity index (χ3n) is 3.71. The van der Waals surface area contributed by atoms with Crippen LogP contribution < -0.4 is 15.5 Å². The number of amides is 2. The molecule has 1 atom stereocenters. The van der Waals surface area contributed by atoms with Crippen molar-refractivity contribution in [3.8, 4) is 0 Å². The van der Waals surface area contributed by atoms with Gasteiger partial charge in [-0.2, -0.15) is 0 Å². The number of nitrogens with zero attached hydrogens (tertiary/aromatic N) is 1. The van der Waals surface area contributed by atoms with E-state index >= 15 is 0 Å². The van der Waals surface area contributed by atoms with Gasteiger partial charge in [0.2, 0.25) is 0 Å². The molecule has 0 aromatic heterocycles. The second-order valence-corrected chi connectivity index (χ2v) is 5.31. The second-order valence-electron chi connectivity index (χ2n) is 5.31. The molecule has 0 aliphatic carbocycles. The summed E-state index contributed by atoms with van der Waals surface area (Å²) in [5.74, 6) is 0. The number of benzene rings is 1. The van der Waals surface area contributed by atoms with Gasteiger partial charge in [0.25, 0.3) is 0 Å². The molecule has 1 heterocycles. The maximum atomic E-state index is 11.7. The average Bonchev–Trinajstić information content (AvgIpc) is 2.56. The number of urea groups is 1. The predicted octanol–water partition coefficient (Wildman–Crippen LogP) is 1.53. The third kappa shape index (κ3) is 4.89. The lowest BCUT2D eigenvalue weighted by atomic mass is 10.1. The Labute approximate surface area is 131 Å². The predicted molar refractivity (Wildman–Crippen MR) is 86.3 cm³/mol. The van der Waals surface area contributed by atoms with Gasteiger partial charge < -0.3 is 25.0 Å². The summed E-state index contributed by atoms with van der Waals surface area (Å²) < 4.78 is 10.3. The van der Waals surface area contributed by atoms with E-state index in [9.17, 15) is 4.79 Å². The van der Waals surface area contributed by atoms with E-state index in [1.807, 2.05) is 6.92 Å². The lowest BCUT2D eigenvalue weighted by Gasteiger charge is -2.29. The van der Waals surface area contributed by atoms with E-state index in [-0.39, 0.29) is 12.1 Å². The quantitative estimate of drug-likeness (QED) is 0.783. The summed E-state index contributed by atoms with van der Waals surface area (Å²) in [7, 11) is 1.61. The lowest BCUT2D eigenvalue weighted by molar-refractivity contribution is 0.122. The molecule has 1 aliphatic rings. The summed E-state index contributed by atoms with van der Waals surface area (Å²) in [4.78, 5) is 14.0. The van der Waals surface area contributed by atoms with Gasteiger partial charge in [0.15, 0.2) is 0 Å². The van der Waals surface area contributed by atoms with Crippen LogP contribution in [-0.4, -0.2) is 52.6 Å². The number of hydrogen-bond acceptors (Lipinski definition) is 4. The fourth-order valence-corrected chi connectivity index (χ4v) is 2.39. The van der Waals surface area contributed by atoms with Crippen LogP contribution in [0.5, 0.6) is 0 Å². The van der Waals surface area contributed by atoms with Gasteiger partial charge in [-0.1, -0.05) is 12.1 Å². The number of carbonyl (C=O) groups is 1. The van der Waals surface area contributed by atoms with Gasteiger partial charge >= 0.3 is 6.03 Å². The highest BCUT2D eigenvalue weighted by atomic mass is 16.5. The van der Waals surface area contributed by atoms with E-state index in [1.54, 1.807) is 7.11 Å². The van der Waals surface area contributed by atoms with Gasteiger partial charge in [-0.15, -0.1) is 0 Å². The molecule has 2 N–H and O–H groups in total. The third-order valence-corrected chi connectivity index (χ3v) is 3.71. The fourth-order valence-electron chi connectivity index (χ4n) is 2.39. The van der Waals surface area contributed by atoms with Crippen molar-refractivity contribution >= 4 is 11.7 Å². The molecule has 2 rings (SSSR count). The molecule has 6 heteroatoms. The summed E-state index contributed by atoms with van der Waals surface area (Å²) in [6, 6.07) is 8.10. The number of anilines is 1. The van der Waals surface area contributed by atoms with E-state index in [0.717, 1.165) is 31.9 Å². The van der Waals surface area contributed by atoms with Crippen LogP contribution in [0.1, 0.15) is 18.5 Å². The maximum Gasteiger partial charge on any atom is 0.315 e. The van der Waals surface area contributed by atoms with Crippen molar-refractivity contribution in [1.82, 2.24) is 10.6 Å². The Morgan fingerprint density at radius 1 is 1.32 bits per heavy atom. The smallest absolute Gasteiger partial charge is 0.315 e. The molecular formula is C16H25N3O3. The lowest BCUT2D eigenvalue weighted by Crippen LogP contribution is -2.38. The van der Waals surface area contributed by atoms with Crippen molar-refractivity contribution in [2.75, 3.05) is 51.5 Å². The van der Waals surface area contributed by atoms with Crippen LogP contribution in [0.2, 0.25) is 0 Å². The zero-order valence-electron chi connectivity index (χ0n) is 13.3. The second kappa shape index (κ2) is 8.60. The Hall–Kier alpha value is -1.79. The first-order chi connectivity index (χ1) is 10.7. The van der Waals surface area contributed by atoms with E-state index in [4.69, 9.17) is 9.47 Å².